The Kier molecular flexibility index (Phi) is 6.30. The summed E-state index contributed by atoms with van der Waals surface area (Å²) < 4.78 is 39.6. The van der Waals surface area contributed by atoms with Crippen molar-refractivity contribution in [2.75, 3.05) is 25.0 Å². The zero-order valence-corrected chi connectivity index (χ0v) is 20.1. The van der Waals surface area contributed by atoms with Crippen molar-refractivity contribution in [2.45, 2.75) is 10.8 Å². The van der Waals surface area contributed by atoms with E-state index in [0.29, 0.717) is 52.7 Å². The van der Waals surface area contributed by atoms with Crippen LogP contribution >= 0.6 is 0 Å². The molecule has 11 heteroatoms. The lowest BCUT2D eigenvalue weighted by atomic mass is 10.1. The first kappa shape index (κ1) is 23.4. The molecule has 0 saturated heterocycles. The maximum Gasteiger partial charge on any atom is 0.262 e. The van der Waals surface area contributed by atoms with E-state index in [1.54, 1.807) is 37.8 Å². The Bertz CT molecular complexity index is 1590. The second kappa shape index (κ2) is 9.70. The van der Waals surface area contributed by atoms with Gasteiger partial charge in [-0.1, -0.05) is 6.07 Å². The van der Waals surface area contributed by atoms with E-state index in [1.165, 1.54) is 24.5 Å². The fourth-order valence-electron chi connectivity index (χ4n) is 3.79. The monoisotopic (exact) mass is 502 g/mol. The SMILES string of the molecule is CN=CC(C=N)c1cnc2ccc(-c3cncc(NS(=O)(=O)c4ccc5c(c4)OCCO5)c3)cc2n1. The summed E-state index contributed by atoms with van der Waals surface area (Å²) in [7, 11) is -2.24. The number of benzene rings is 2. The molecule has 36 heavy (non-hydrogen) atoms. The minimum Gasteiger partial charge on any atom is -0.486 e. The van der Waals surface area contributed by atoms with Crippen LogP contribution in [0.25, 0.3) is 22.2 Å². The van der Waals surface area contributed by atoms with Crippen LogP contribution in [0.5, 0.6) is 11.5 Å². The maximum absolute atomic E-state index is 13.0. The summed E-state index contributed by atoms with van der Waals surface area (Å²) in [5.74, 6) is 0.541. The van der Waals surface area contributed by atoms with Gasteiger partial charge in [-0.3, -0.25) is 19.7 Å². The lowest BCUT2D eigenvalue weighted by Crippen LogP contribution is -2.17. The van der Waals surface area contributed by atoms with Crippen LogP contribution in [0.15, 0.2) is 70.9 Å². The van der Waals surface area contributed by atoms with Gasteiger partial charge in [0.25, 0.3) is 10.0 Å². The number of hydrogen-bond donors (Lipinski definition) is 2. The summed E-state index contributed by atoms with van der Waals surface area (Å²) in [6.45, 7) is 0.787. The Labute approximate surface area is 207 Å². The molecule has 0 aliphatic carbocycles. The van der Waals surface area contributed by atoms with E-state index in [2.05, 4.69) is 24.7 Å². The number of nitrogens with zero attached hydrogens (tertiary/aromatic N) is 4. The number of rotatable bonds is 7. The number of aliphatic imine (C=N–C) groups is 1. The molecule has 0 spiro atoms. The van der Waals surface area contributed by atoms with E-state index in [-0.39, 0.29) is 10.8 Å². The molecule has 0 fully saturated rings. The number of sulfonamides is 1. The number of pyridine rings is 1. The van der Waals surface area contributed by atoms with Crippen LogP contribution in [0.3, 0.4) is 0 Å². The molecule has 1 atom stereocenters. The van der Waals surface area contributed by atoms with Gasteiger partial charge in [-0.15, -0.1) is 0 Å². The van der Waals surface area contributed by atoms with Gasteiger partial charge in [0, 0.05) is 37.3 Å². The van der Waals surface area contributed by atoms with Crippen LogP contribution in [0, 0.1) is 5.41 Å². The molecule has 1 unspecified atom stereocenters. The van der Waals surface area contributed by atoms with Gasteiger partial charge < -0.3 is 14.9 Å². The summed E-state index contributed by atoms with van der Waals surface area (Å²) in [6, 6.07) is 11.7. The van der Waals surface area contributed by atoms with Crippen molar-refractivity contribution in [3.8, 4) is 22.6 Å². The van der Waals surface area contributed by atoms with Crippen molar-refractivity contribution >= 4 is 39.2 Å². The average molecular weight is 503 g/mol. The Balaban J connectivity index is 1.44. The van der Waals surface area contributed by atoms with Crippen molar-refractivity contribution in [3.63, 3.8) is 0 Å². The molecule has 2 aromatic heterocycles. The second-order valence-corrected chi connectivity index (χ2v) is 9.65. The normalized spacial score (nSPS) is 14.0. The van der Waals surface area contributed by atoms with Crippen molar-refractivity contribution < 1.29 is 17.9 Å². The predicted molar refractivity (Wildman–Crippen MR) is 137 cm³/mol. The molecule has 0 saturated carbocycles. The fourth-order valence-corrected chi connectivity index (χ4v) is 4.84. The molecule has 1 aliphatic heterocycles. The molecule has 0 amide bonds. The number of hydrogen-bond acceptors (Lipinski definition) is 9. The first-order chi connectivity index (χ1) is 17.5. The number of ether oxygens (including phenoxy) is 2. The van der Waals surface area contributed by atoms with E-state index in [9.17, 15) is 8.42 Å². The lowest BCUT2D eigenvalue weighted by molar-refractivity contribution is 0.171. The highest BCUT2D eigenvalue weighted by Gasteiger charge is 2.20. The molecular formula is C25H22N6O4S. The largest absolute Gasteiger partial charge is 0.486 e. The van der Waals surface area contributed by atoms with Crippen LogP contribution in [0.1, 0.15) is 11.6 Å². The number of nitrogens with one attached hydrogen (secondary N) is 2. The van der Waals surface area contributed by atoms with Gasteiger partial charge in [0.2, 0.25) is 0 Å². The minimum absolute atomic E-state index is 0.0574. The first-order valence-corrected chi connectivity index (χ1v) is 12.5. The highest BCUT2D eigenvalue weighted by atomic mass is 32.2. The smallest absolute Gasteiger partial charge is 0.262 e. The summed E-state index contributed by atoms with van der Waals surface area (Å²) in [6.07, 6.45) is 7.61. The zero-order valence-electron chi connectivity index (χ0n) is 19.2. The van der Waals surface area contributed by atoms with Crippen molar-refractivity contribution in [3.05, 3.63) is 66.7 Å². The summed E-state index contributed by atoms with van der Waals surface area (Å²) >= 11 is 0. The van der Waals surface area contributed by atoms with Crippen molar-refractivity contribution in [2.24, 2.45) is 4.99 Å². The van der Waals surface area contributed by atoms with Crippen LogP contribution in [0.4, 0.5) is 5.69 Å². The predicted octanol–water partition coefficient (Wildman–Crippen LogP) is 3.70. The Morgan fingerprint density at radius 2 is 1.83 bits per heavy atom. The maximum atomic E-state index is 13.0. The van der Waals surface area contributed by atoms with Gasteiger partial charge in [-0.2, -0.15) is 0 Å². The summed E-state index contributed by atoms with van der Waals surface area (Å²) in [5, 5.41) is 7.63. The molecule has 182 valence electrons. The van der Waals surface area contributed by atoms with E-state index in [4.69, 9.17) is 14.9 Å². The van der Waals surface area contributed by atoms with E-state index in [0.717, 1.165) is 5.56 Å². The molecule has 10 nitrogen and oxygen atoms in total. The van der Waals surface area contributed by atoms with E-state index in [1.807, 2.05) is 18.2 Å². The topological polar surface area (TPSA) is 140 Å². The van der Waals surface area contributed by atoms with Crippen molar-refractivity contribution in [1.82, 2.24) is 15.0 Å². The fraction of sp³-hybridized carbons (Fsp3) is 0.160. The first-order valence-electron chi connectivity index (χ1n) is 11.0. The molecule has 0 bridgehead atoms. The zero-order chi connectivity index (χ0) is 25.1. The Morgan fingerprint density at radius 1 is 1.00 bits per heavy atom. The summed E-state index contributed by atoms with van der Waals surface area (Å²) in [5.41, 5.74) is 3.75. The third-order valence-electron chi connectivity index (χ3n) is 5.54. The lowest BCUT2D eigenvalue weighted by Gasteiger charge is -2.19. The second-order valence-electron chi connectivity index (χ2n) is 7.97. The molecular weight excluding hydrogens is 480 g/mol. The summed E-state index contributed by atoms with van der Waals surface area (Å²) in [4.78, 5) is 17.4. The Morgan fingerprint density at radius 3 is 2.64 bits per heavy atom. The van der Waals surface area contributed by atoms with Crippen LogP contribution in [-0.2, 0) is 10.0 Å². The van der Waals surface area contributed by atoms with Gasteiger partial charge in [0.15, 0.2) is 11.5 Å². The molecule has 2 aromatic carbocycles. The van der Waals surface area contributed by atoms with Gasteiger partial charge in [0.05, 0.1) is 45.6 Å². The number of aromatic nitrogens is 3. The van der Waals surface area contributed by atoms with Crippen LogP contribution < -0.4 is 14.2 Å². The van der Waals surface area contributed by atoms with Gasteiger partial charge >= 0.3 is 0 Å². The molecule has 4 aromatic rings. The number of fused-ring (bicyclic) bond motifs is 2. The Hall–Kier alpha value is -4.38. The van der Waals surface area contributed by atoms with Gasteiger partial charge in [-0.25, -0.2) is 13.4 Å². The van der Waals surface area contributed by atoms with Crippen molar-refractivity contribution in [1.29, 1.82) is 5.41 Å². The quantitative estimate of drug-likeness (QED) is 0.367. The molecule has 0 radical (unpaired) electrons. The van der Waals surface area contributed by atoms with E-state index >= 15 is 0 Å². The molecule has 1 aliphatic rings. The van der Waals surface area contributed by atoms with E-state index < -0.39 is 10.0 Å². The van der Waals surface area contributed by atoms with Crippen LogP contribution in [-0.4, -0.2) is 56.1 Å². The number of anilines is 1. The third kappa shape index (κ3) is 4.73. The minimum atomic E-state index is -3.89. The molecule has 5 rings (SSSR count). The highest BCUT2D eigenvalue weighted by molar-refractivity contribution is 7.92. The highest BCUT2D eigenvalue weighted by Crippen LogP contribution is 2.33. The standard InChI is InChI=1S/C25H22N6O4S/c1-27-12-18(11-26)23-15-29-21-4-2-16(9-22(21)30-23)17-8-19(14-28-13-17)31-36(32,33)20-3-5-24-25(10-20)35-7-6-34-24/h2-5,8-15,18,26,31H,6-7H2,1H3. The molecule has 3 heterocycles. The third-order valence-corrected chi connectivity index (χ3v) is 6.92. The average Bonchev–Trinajstić information content (AvgIpc) is 2.90. The molecule has 2 N–H and O–H groups in total. The van der Waals surface area contributed by atoms with Gasteiger partial charge in [-0.05, 0) is 35.9 Å². The van der Waals surface area contributed by atoms with Gasteiger partial charge in [0.1, 0.15) is 13.2 Å². The van der Waals surface area contributed by atoms with Crippen LogP contribution in [0.2, 0.25) is 0 Å².